The van der Waals surface area contributed by atoms with Gasteiger partial charge in [-0.25, -0.2) is 4.68 Å². The smallest absolute Gasteiger partial charge is 0.255 e. The molecule has 1 atom stereocenters. The lowest BCUT2D eigenvalue weighted by Gasteiger charge is -2.31. The first-order valence-corrected chi connectivity index (χ1v) is 12.5. The van der Waals surface area contributed by atoms with Crippen molar-refractivity contribution in [1.29, 1.82) is 0 Å². The van der Waals surface area contributed by atoms with Crippen LogP contribution in [0.25, 0.3) is 0 Å². The Morgan fingerprint density at radius 1 is 1.03 bits per heavy atom. The highest BCUT2D eigenvalue weighted by Crippen LogP contribution is 2.34. The number of hydrogen-bond donors (Lipinski definition) is 1. The number of nitrogens with zero attached hydrogens (tertiary/aromatic N) is 5. The van der Waals surface area contributed by atoms with Crippen molar-refractivity contribution in [3.63, 3.8) is 0 Å². The summed E-state index contributed by atoms with van der Waals surface area (Å²) >= 11 is 0. The Labute approximate surface area is 198 Å². The highest BCUT2D eigenvalue weighted by molar-refractivity contribution is 6.05. The van der Waals surface area contributed by atoms with Crippen molar-refractivity contribution in [2.75, 3.05) is 13.1 Å². The first kappa shape index (κ1) is 21.5. The van der Waals surface area contributed by atoms with Crippen LogP contribution < -0.4 is 5.32 Å². The van der Waals surface area contributed by atoms with Crippen molar-refractivity contribution in [1.82, 2.24) is 30.1 Å². The van der Waals surface area contributed by atoms with E-state index in [4.69, 9.17) is 0 Å². The summed E-state index contributed by atoms with van der Waals surface area (Å²) in [5.41, 5.74) is 3.99. The van der Waals surface area contributed by atoms with Crippen molar-refractivity contribution < 1.29 is 14.4 Å². The van der Waals surface area contributed by atoms with E-state index in [1.54, 1.807) is 4.90 Å². The topological polar surface area (TPSA) is 100 Å². The number of likely N-dealkylation sites (tertiary alicyclic amines) is 1. The minimum absolute atomic E-state index is 0.110. The summed E-state index contributed by atoms with van der Waals surface area (Å²) in [4.78, 5) is 40.8. The molecule has 178 valence electrons. The Balaban J connectivity index is 1.07. The minimum atomic E-state index is -0.563. The monoisotopic (exact) mass is 462 g/mol. The SMILES string of the molecule is O=C1CCC(N2Cc3cc(C4CCN(Cc5cn(C6CCC6)nn5)CC4)ccc3C2=O)C(=O)N1. The number of aromatic nitrogens is 3. The molecule has 9 nitrogen and oxygen atoms in total. The summed E-state index contributed by atoms with van der Waals surface area (Å²) in [6, 6.07) is 6.14. The van der Waals surface area contributed by atoms with Crippen molar-refractivity contribution in [2.24, 2.45) is 0 Å². The van der Waals surface area contributed by atoms with E-state index in [0.29, 0.717) is 30.5 Å². The third-order valence-corrected chi connectivity index (χ3v) is 8.00. The molecule has 4 heterocycles. The number of imide groups is 1. The third kappa shape index (κ3) is 3.91. The van der Waals surface area contributed by atoms with Crippen LogP contribution in [0.4, 0.5) is 0 Å². The fourth-order valence-electron chi connectivity index (χ4n) is 5.72. The quantitative estimate of drug-likeness (QED) is 0.684. The van der Waals surface area contributed by atoms with Gasteiger partial charge in [-0.15, -0.1) is 5.10 Å². The number of benzene rings is 1. The van der Waals surface area contributed by atoms with Gasteiger partial charge >= 0.3 is 0 Å². The molecule has 9 heteroatoms. The highest BCUT2D eigenvalue weighted by atomic mass is 16.2. The van der Waals surface area contributed by atoms with Crippen LogP contribution >= 0.6 is 0 Å². The van der Waals surface area contributed by atoms with Crippen molar-refractivity contribution >= 4 is 17.7 Å². The molecule has 0 spiro atoms. The molecule has 6 rings (SSSR count). The van der Waals surface area contributed by atoms with E-state index in [2.05, 4.69) is 38.9 Å². The van der Waals surface area contributed by atoms with Gasteiger partial charge in [0, 0.05) is 25.1 Å². The second kappa shape index (κ2) is 8.61. The molecular weight excluding hydrogens is 432 g/mol. The molecule has 1 unspecified atom stereocenters. The van der Waals surface area contributed by atoms with Crippen LogP contribution in [0, 0.1) is 0 Å². The van der Waals surface area contributed by atoms with Crippen LogP contribution in [0.15, 0.2) is 24.4 Å². The predicted molar refractivity (Wildman–Crippen MR) is 123 cm³/mol. The number of piperidine rings is 2. The number of carbonyl (C=O) groups excluding carboxylic acids is 3. The van der Waals surface area contributed by atoms with E-state index in [-0.39, 0.29) is 24.1 Å². The first-order valence-electron chi connectivity index (χ1n) is 12.5. The van der Waals surface area contributed by atoms with Gasteiger partial charge in [0.1, 0.15) is 6.04 Å². The van der Waals surface area contributed by atoms with E-state index in [1.165, 1.54) is 24.8 Å². The van der Waals surface area contributed by atoms with Gasteiger partial charge in [-0.2, -0.15) is 0 Å². The maximum Gasteiger partial charge on any atom is 0.255 e. The van der Waals surface area contributed by atoms with Crippen LogP contribution in [-0.2, 0) is 22.7 Å². The summed E-state index contributed by atoms with van der Waals surface area (Å²) < 4.78 is 2.04. The molecule has 1 aromatic carbocycles. The van der Waals surface area contributed by atoms with Crippen LogP contribution in [0.1, 0.15) is 84.1 Å². The zero-order valence-corrected chi connectivity index (χ0v) is 19.3. The maximum atomic E-state index is 12.9. The summed E-state index contributed by atoms with van der Waals surface area (Å²) in [5.74, 6) is -0.271. The Kier molecular flexibility index (Phi) is 5.44. The molecule has 1 aromatic heterocycles. The molecule has 2 aromatic rings. The summed E-state index contributed by atoms with van der Waals surface area (Å²) in [6.45, 7) is 3.31. The van der Waals surface area contributed by atoms with Crippen LogP contribution in [0.5, 0.6) is 0 Å². The maximum absolute atomic E-state index is 12.9. The second-order valence-corrected chi connectivity index (χ2v) is 10.1. The van der Waals surface area contributed by atoms with Crippen LogP contribution in [0.3, 0.4) is 0 Å². The highest BCUT2D eigenvalue weighted by Gasteiger charge is 2.39. The summed E-state index contributed by atoms with van der Waals surface area (Å²) in [6.07, 6.45) is 8.64. The average Bonchev–Trinajstić information content (AvgIpc) is 3.37. The van der Waals surface area contributed by atoms with E-state index in [0.717, 1.165) is 43.7 Å². The predicted octanol–water partition coefficient (Wildman–Crippen LogP) is 2.14. The number of amides is 3. The molecule has 0 radical (unpaired) electrons. The first-order chi connectivity index (χ1) is 16.5. The van der Waals surface area contributed by atoms with Gasteiger partial charge in [0.15, 0.2) is 0 Å². The molecule has 1 N–H and O–H groups in total. The lowest BCUT2D eigenvalue weighted by atomic mass is 9.88. The van der Waals surface area contributed by atoms with Crippen molar-refractivity contribution in [3.05, 3.63) is 46.8 Å². The van der Waals surface area contributed by atoms with Gasteiger partial charge < -0.3 is 4.90 Å². The normalized spacial score (nSPS) is 24.3. The molecule has 4 aliphatic rings. The Bertz CT molecular complexity index is 1130. The Morgan fingerprint density at radius 2 is 1.85 bits per heavy atom. The van der Waals surface area contributed by atoms with Crippen molar-refractivity contribution in [2.45, 2.75) is 76.0 Å². The van der Waals surface area contributed by atoms with Gasteiger partial charge in [-0.1, -0.05) is 17.3 Å². The molecule has 2 saturated heterocycles. The number of rotatable bonds is 5. The van der Waals surface area contributed by atoms with Crippen LogP contribution in [0.2, 0.25) is 0 Å². The van der Waals surface area contributed by atoms with E-state index in [1.807, 2.05) is 10.7 Å². The van der Waals surface area contributed by atoms with E-state index < -0.39 is 6.04 Å². The number of hydrogen-bond acceptors (Lipinski definition) is 6. The fourth-order valence-corrected chi connectivity index (χ4v) is 5.72. The molecule has 1 saturated carbocycles. The Hall–Kier alpha value is -3.07. The van der Waals surface area contributed by atoms with Gasteiger partial charge in [-0.05, 0) is 74.7 Å². The van der Waals surface area contributed by atoms with Crippen molar-refractivity contribution in [3.8, 4) is 0 Å². The Morgan fingerprint density at radius 3 is 2.59 bits per heavy atom. The molecule has 3 aliphatic heterocycles. The van der Waals surface area contributed by atoms with Gasteiger partial charge in [0.05, 0.1) is 17.9 Å². The minimum Gasteiger partial charge on any atom is -0.322 e. The lowest BCUT2D eigenvalue weighted by Crippen LogP contribution is -2.52. The zero-order chi connectivity index (χ0) is 23.2. The van der Waals surface area contributed by atoms with Crippen LogP contribution in [-0.4, -0.2) is 61.6 Å². The number of fused-ring (bicyclic) bond motifs is 1. The zero-order valence-electron chi connectivity index (χ0n) is 19.3. The second-order valence-electron chi connectivity index (χ2n) is 10.1. The third-order valence-electron chi connectivity index (χ3n) is 8.00. The molecule has 1 aliphatic carbocycles. The van der Waals surface area contributed by atoms with Gasteiger partial charge in [-0.3, -0.25) is 24.6 Å². The summed E-state index contributed by atoms with van der Waals surface area (Å²) in [5, 5.41) is 11.1. The average molecular weight is 463 g/mol. The number of carbonyl (C=O) groups is 3. The molecule has 3 fully saturated rings. The van der Waals surface area contributed by atoms with Gasteiger partial charge in [0.2, 0.25) is 11.8 Å². The van der Waals surface area contributed by atoms with E-state index >= 15 is 0 Å². The number of nitrogens with one attached hydrogen (secondary N) is 1. The van der Waals surface area contributed by atoms with E-state index in [9.17, 15) is 14.4 Å². The van der Waals surface area contributed by atoms with Gasteiger partial charge in [0.25, 0.3) is 5.91 Å². The molecule has 34 heavy (non-hydrogen) atoms. The molecular formula is C25H30N6O3. The lowest BCUT2D eigenvalue weighted by molar-refractivity contribution is -0.136. The largest absolute Gasteiger partial charge is 0.322 e. The molecule has 0 bridgehead atoms. The summed E-state index contributed by atoms with van der Waals surface area (Å²) in [7, 11) is 0. The standard InChI is InChI=1S/C25H30N6O3/c32-23-7-6-22(24(33)26-23)30-13-18-12-17(4-5-21(18)25(30)34)16-8-10-29(11-9-16)14-19-15-31(28-27-19)20-2-1-3-20/h4-5,12,15-16,20,22H,1-3,6-11,13-14H2,(H,26,32,33). The fraction of sp³-hybridized carbons (Fsp3) is 0.560. The molecule has 3 amide bonds.